The topological polar surface area (TPSA) is 73.1 Å². The number of benzene rings is 1. The van der Waals surface area contributed by atoms with Gasteiger partial charge < -0.3 is 4.74 Å². The number of aromatic nitrogens is 2. The summed E-state index contributed by atoms with van der Waals surface area (Å²) >= 11 is 3.32. The summed E-state index contributed by atoms with van der Waals surface area (Å²) in [6.07, 6.45) is 1.75. The first-order valence-electron chi connectivity index (χ1n) is 5.90. The van der Waals surface area contributed by atoms with E-state index in [1.807, 2.05) is 0 Å². The van der Waals surface area contributed by atoms with Crippen LogP contribution < -0.4 is 16.0 Å². The van der Waals surface area contributed by atoms with E-state index >= 15 is 0 Å². The summed E-state index contributed by atoms with van der Waals surface area (Å²) in [5.41, 5.74) is 3.82. The highest BCUT2D eigenvalue weighted by Gasteiger charge is 2.16. The monoisotopic (exact) mass is 340 g/mol. The first-order valence-corrected chi connectivity index (χ1v) is 6.69. The van der Waals surface area contributed by atoms with E-state index in [1.54, 1.807) is 18.2 Å². The van der Waals surface area contributed by atoms with E-state index in [4.69, 9.17) is 10.6 Å². The zero-order chi connectivity index (χ0) is 14.5. The van der Waals surface area contributed by atoms with Gasteiger partial charge in [0.1, 0.15) is 12.1 Å². The Balaban J connectivity index is 2.26. The van der Waals surface area contributed by atoms with Gasteiger partial charge >= 0.3 is 0 Å². The van der Waals surface area contributed by atoms with E-state index in [9.17, 15) is 4.39 Å². The Kier molecular flexibility index (Phi) is 4.99. The number of hydrogen-bond acceptors (Lipinski definition) is 5. The van der Waals surface area contributed by atoms with Crippen LogP contribution in [0.25, 0.3) is 0 Å². The van der Waals surface area contributed by atoms with Crippen LogP contribution in [0.2, 0.25) is 0 Å². The van der Waals surface area contributed by atoms with Gasteiger partial charge in [0, 0.05) is 10.5 Å². The van der Waals surface area contributed by atoms with E-state index in [1.165, 1.54) is 19.5 Å². The molecule has 1 atom stereocenters. The van der Waals surface area contributed by atoms with E-state index in [0.29, 0.717) is 23.6 Å². The van der Waals surface area contributed by atoms with Crippen LogP contribution in [0.5, 0.6) is 5.88 Å². The Hall–Kier alpha value is -1.57. The van der Waals surface area contributed by atoms with Gasteiger partial charge in [0.05, 0.1) is 18.8 Å². The molecule has 1 unspecified atom stereocenters. The summed E-state index contributed by atoms with van der Waals surface area (Å²) in [6, 6.07) is 6.11. The van der Waals surface area contributed by atoms with E-state index in [2.05, 4.69) is 31.3 Å². The van der Waals surface area contributed by atoms with Gasteiger partial charge in [0.25, 0.3) is 0 Å². The Morgan fingerprint density at radius 3 is 2.90 bits per heavy atom. The highest BCUT2D eigenvalue weighted by molar-refractivity contribution is 9.10. The molecular formula is C13H14BrFN4O. The zero-order valence-electron chi connectivity index (χ0n) is 10.8. The standard InChI is InChI=1S/C13H14BrFN4O/c1-20-13-6-11(17-7-18-13)12(19-16)5-8-4-9(14)2-3-10(8)15/h2-4,6-7,12,19H,5,16H2,1H3. The second-order valence-corrected chi connectivity index (χ2v) is 5.06. The van der Waals surface area contributed by atoms with Gasteiger partial charge in [0.15, 0.2) is 0 Å². The largest absolute Gasteiger partial charge is 0.481 e. The third kappa shape index (κ3) is 3.50. The number of nitrogens with zero attached hydrogens (tertiary/aromatic N) is 2. The summed E-state index contributed by atoms with van der Waals surface area (Å²) < 4.78 is 19.6. The van der Waals surface area contributed by atoms with Crippen molar-refractivity contribution in [2.45, 2.75) is 12.5 Å². The fraction of sp³-hybridized carbons (Fsp3) is 0.231. The number of methoxy groups -OCH3 is 1. The molecule has 0 aliphatic carbocycles. The van der Waals surface area contributed by atoms with Crippen molar-refractivity contribution in [3.63, 3.8) is 0 Å². The number of halogens is 2. The second kappa shape index (κ2) is 6.74. The van der Waals surface area contributed by atoms with Gasteiger partial charge in [-0.3, -0.25) is 11.3 Å². The van der Waals surface area contributed by atoms with Crippen LogP contribution in [0, 0.1) is 5.82 Å². The fourth-order valence-corrected chi connectivity index (χ4v) is 2.23. The van der Waals surface area contributed by atoms with Gasteiger partial charge in [-0.1, -0.05) is 15.9 Å². The lowest BCUT2D eigenvalue weighted by Crippen LogP contribution is -2.30. The minimum Gasteiger partial charge on any atom is -0.481 e. The molecule has 1 heterocycles. The normalized spacial score (nSPS) is 12.2. The molecular weight excluding hydrogens is 327 g/mol. The molecule has 0 spiro atoms. The molecule has 0 amide bonds. The lowest BCUT2D eigenvalue weighted by Gasteiger charge is -2.16. The van der Waals surface area contributed by atoms with Crippen LogP contribution in [0.3, 0.4) is 0 Å². The average molecular weight is 341 g/mol. The minimum atomic E-state index is -0.337. The number of hydrogen-bond donors (Lipinski definition) is 2. The van der Waals surface area contributed by atoms with Crippen molar-refractivity contribution < 1.29 is 9.13 Å². The molecule has 0 saturated carbocycles. The maximum Gasteiger partial charge on any atom is 0.216 e. The molecule has 0 radical (unpaired) electrons. The van der Waals surface area contributed by atoms with Crippen molar-refractivity contribution in [3.05, 3.63) is 52.1 Å². The van der Waals surface area contributed by atoms with E-state index < -0.39 is 0 Å². The van der Waals surface area contributed by atoms with Crippen molar-refractivity contribution in [3.8, 4) is 5.88 Å². The second-order valence-electron chi connectivity index (χ2n) is 4.14. The summed E-state index contributed by atoms with van der Waals surface area (Å²) in [7, 11) is 1.52. The van der Waals surface area contributed by atoms with Crippen molar-refractivity contribution in [2.75, 3.05) is 7.11 Å². The number of ether oxygens (including phenoxy) is 1. The molecule has 20 heavy (non-hydrogen) atoms. The number of hydrazine groups is 1. The third-order valence-electron chi connectivity index (χ3n) is 2.86. The van der Waals surface area contributed by atoms with E-state index in [-0.39, 0.29) is 11.9 Å². The van der Waals surface area contributed by atoms with Crippen LogP contribution in [0.4, 0.5) is 4.39 Å². The molecule has 1 aromatic heterocycles. The lowest BCUT2D eigenvalue weighted by molar-refractivity contribution is 0.393. The van der Waals surface area contributed by atoms with Crippen LogP contribution in [0.1, 0.15) is 17.3 Å². The molecule has 2 aromatic rings. The molecule has 5 nitrogen and oxygen atoms in total. The van der Waals surface area contributed by atoms with Crippen LogP contribution in [-0.2, 0) is 6.42 Å². The van der Waals surface area contributed by atoms with E-state index in [0.717, 1.165) is 4.47 Å². The van der Waals surface area contributed by atoms with Crippen molar-refractivity contribution in [1.29, 1.82) is 0 Å². The summed E-state index contributed by atoms with van der Waals surface area (Å²) in [6.45, 7) is 0. The Morgan fingerprint density at radius 2 is 2.20 bits per heavy atom. The van der Waals surface area contributed by atoms with Gasteiger partial charge in [-0.15, -0.1) is 0 Å². The Labute approximate surface area is 124 Å². The number of rotatable bonds is 5. The highest BCUT2D eigenvalue weighted by atomic mass is 79.9. The molecule has 0 aliphatic rings. The average Bonchev–Trinajstić information content (AvgIpc) is 2.48. The third-order valence-corrected chi connectivity index (χ3v) is 3.36. The summed E-state index contributed by atoms with van der Waals surface area (Å²) in [4.78, 5) is 8.07. The van der Waals surface area contributed by atoms with Crippen molar-refractivity contribution >= 4 is 15.9 Å². The van der Waals surface area contributed by atoms with Crippen LogP contribution in [-0.4, -0.2) is 17.1 Å². The molecule has 0 fully saturated rings. The van der Waals surface area contributed by atoms with Crippen LogP contribution in [0.15, 0.2) is 35.1 Å². The minimum absolute atomic E-state index is 0.283. The molecule has 0 bridgehead atoms. The Morgan fingerprint density at radius 1 is 1.40 bits per heavy atom. The zero-order valence-corrected chi connectivity index (χ0v) is 12.4. The molecule has 3 N–H and O–H groups in total. The van der Waals surface area contributed by atoms with Gasteiger partial charge in [-0.2, -0.15) is 0 Å². The Bertz CT molecular complexity index is 596. The first-order chi connectivity index (χ1) is 9.63. The van der Waals surface area contributed by atoms with Gasteiger partial charge in [-0.05, 0) is 30.2 Å². The molecule has 0 saturated heterocycles. The maximum absolute atomic E-state index is 13.8. The van der Waals surface area contributed by atoms with Gasteiger partial charge in [-0.25, -0.2) is 14.4 Å². The maximum atomic E-state index is 13.8. The fourth-order valence-electron chi connectivity index (χ4n) is 1.82. The quantitative estimate of drug-likeness (QED) is 0.644. The molecule has 2 rings (SSSR count). The summed E-state index contributed by atoms with van der Waals surface area (Å²) in [5.74, 6) is 5.70. The summed E-state index contributed by atoms with van der Waals surface area (Å²) in [5, 5.41) is 0. The highest BCUT2D eigenvalue weighted by Crippen LogP contribution is 2.22. The van der Waals surface area contributed by atoms with Gasteiger partial charge in [0.2, 0.25) is 5.88 Å². The van der Waals surface area contributed by atoms with Crippen molar-refractivity contribution in [1.82, 2.24) is 15.4 Å². The predicted octanol–water partition coefficient (Wildman–Crippen LogP) is 2.13. The lowest BCUT2D eigenvalue weighted by atomic mass is 10.0. The SMILES string of the molecule is COc1cc(C(Cc2cc(Br)ccc2F)NN)ncn1. The smallest absolute Gasteiger partial charge is 0.216 e. The van der Waals surface area contributed by atoms with Crippen molar-refractivity contribution in [2.24, 2.45) is 5.84 Å². The first kappa shape index (κ1) is 14.8. The number of nitrogens with one attached hydrogen (secondary N) is 1. The van der Waals surface area contributed by atoms with Crippen LogP contribution >= 0.6 is 15.9 Å². The molecule has 106 valence electrons. The number of nitrogens with two attached hydrogens (primary N) is 1. The molecule has 7 heteroatoms. The predicted molar refractivity (Wildman–Crippen MR) is 76.5 cm³/mol. The molecule has 0 aliphatic heterocycles. The molecule has 1 aromatic carbocycles.